The minimum atomic E-state index is -0.474. The molecule has 1 aliphatic heterocycles. The quantitative estimate of drug-likeness (QED) is 0.438. The third kappa shape index (κ3) is 8.96. The molecule has 0 aromatic carbocycles. The maximum atomic E-state index is 11.6. The minimum Gasteiger partial charge on any atom is -0.444 e. The van der Waals surface area contributed by atoms with E-state index in [1.807, 2.05) is 27.8 Å². The van der Waals surface area contributed by atoms with E-state index in [2.05, 4.69) is 20.5 Å². The van der Waals surface area contributed by atoms with Crippen LogP contribution in [0, 0.1) is 5.92 Å². The molecule has 7 heteroatoms. The fourth-order valence-electron chi connectivity index (χ4n) is 2.55. The van der Waals surface area contributed by atoms with Gasteiger partial charge in [0.2, 0.25) is 0 Å². The molecule has 24 heavy (non-hydrogen) atoms. The molecule has 7 nitrogen and oxygen atoms in total. The fraction of sp³-hybridized carbons (Fsp3) is 0.882. The van der Waals surface area contributed by atoms with Crippen LogP contribution in [0.15, 0.2) is 4.99 Å². The average Bonchev–Trinajstić information content (AvgIpc) is 2.52. The highest BCUT2D eigenvalue weighted by molar-refractivity contribution is 5.79. The number of hydrogen-bond donors (Lipinski definition) is 2. The topological polar surface area (TPSA) is 75.2 Å². The predicted octanol–water partition coefficient (Wildman–Crippen LogP) is 1.83. The summed E-state index contributed by atoms with van der Waals surface area (Å²) in [7, 11) is 3.81. The molecule has 1 aliphatic rings. The summed E-state index contributed by atoms with van der Waals surface area (Å²) in [5.74, 6) is 1.58. The van der Waals surface area contributed by atoms with Gasteiger partial charge in [-0.05, 0) is 46.0 Å². The van der Waals surface area contributed by atoms with Crippen molar-refractivity contribution >= 4 is 12.1 Å². The van der Waals surface area contributed by atoms with Gasteiger partial charge in [-0.2, -0.15) is 0 Å². The first-order valence-corrected chi connectivity index (χ1v) is 8.78. The van der Waals surface area contributed by atoms with Gasteiger partial charge in [0, 0.05) is 46.9 Å². The molecule has 0 spiro atoms. The second kappa shape index (κ2) is 10.4. The van der Waals surface area contributed by atoms with E-state index in [1.54, 1.807) is 7.05 Å². The van der Waals surface area contributed by atoms with E-state index >= 15 is 0 Å². The second-order valence-electron chi connectivity index (χ2n) is 7.17. The summed E-state index contributed by atoms with van der Waals surface area (Å²) in [6, 6.07) is 0. The van der Waals surface area contributed by atoms with E-state index in [-0.39, 0.29) is 0 Å². The third-order valence-electron chi connectivity index (χ3n) is 3.86. The van der Waals surface area contributed by atoms with Crippen molar-refractivity contribution in [2.24, 2.45) is 10.9 Å². The van der Waals surface area contributed by atoms with Crippen LogP contribution in [-0.4, -0.2) is 69.5 Å². The first-order valence-electron chi connectivity index (χ1n) is 8.78. The molecule has 1 amide bonds. The smallest absolute Gasteiger partial charge is 0.407 e. The van der Waals surface area contributed by atoms with Crippen molar-refractivity contribution in [2.45, 2.75) is 45.6 Å². The monoisotopic (exact) mass is 342 g/mol. The number of carbonyl (C=O) groups excluding carboxylic acids is 1. The highest BCUT2D eigenvalue weighted by Gasteiger charge is 2.16. The Bertz CT molecular complexity index is 401. The Hall–Kier alpha value is -1.50. The van der Waals surface area contributed by atoms with E-state index in [0.717, 1.165) is 50.9 Å². The fourth-order valence-corrected chi connectivity index (χ4v) is 2.55. The van der Waals surface area contributed by atoms with Crippen LogP contribution in [0.3, 0.4) is 0 Å². The van der Waals surface area contributed by atoms with E-state index in [1.165, 1.54) is 0 Å². The third-order valence-corrected chi connectivity index (χ3v) is 3.86. The van der Waals surface area contributed by atoms with Crippen LogP contribution in [0.5, 0.6) is 0 Å². The van der Waals surface area contributed by atoms with Crippen LogP contribution in [-0.2, 0) is 9.47 Å². The molecular formula is C17H34N4O3. The average molecular weight is 342 g/mol. The van der Waals surface area contributed by atoms with Gasteiger partial charge in [0.15, 0.2) is 5.96 Å². The Kier molecular flexibility index (Phi) is 8.89. The highest BCUT2D eigenvalue weighted by atomic mass is 16.6. The van der Waals surface area contributed by atoms with Crippen molar-refractivity contribution in [3.05, 3.63) is 0 Å². The van der Waals surface area contributed by atoms with Crippen molar-refractivity contribution in [1.82, 2.24) is 15.5 Å². The molecule has 0 atom stereocenters. The van der Waals surface area contributed by atoms with Crippen LogP contribution in [0.4, 0.5) is 4.79 Å². The number of carbonyl (C=O) groups is 1. The lowest BCUT2D eigenvalue weighted by molar-refractivity contribution is 0.0528. The molecule has 0 aromatic heterocycles. The molecule has 1 heterocycles. The number of hydrogen-bond acceptors (Lipinski definition) is 4. The summed E-state index contributed by atoms with van der Waals surface area (Å²) in [6.45, 7) is 9.37. The van der Waals surface area contributed by atoms with Gasteiger partial charge in [-0.15, -0.1) is 0 Å². The minimum absolute atomic E-state index is 0.396. The molecule has 0 radical (unpaired) electrons. The molecule has 0 saturated carbocycles. The summed E-state index contributed by atoms with van der Waals surface area (Å²) in [6.07, 6.45) is 3.06. The molecule has 0 bridgehead atoms. The summed E-state index contributed by atoms with van der Waals surface area (Å²) < 4.78 is 10.6. The van der Waals surface area contributed by atoms with Crippen LogP contribution in [0.25, 0.3) is 0 Å². The zero-order valence-electron chi connectivity index (χ0n) is 15.9. The van der Waals surface area contributed by atoms with Gasteiger partial charge in [0.25, 0.3) is 0 Å². The van der Waals surface area contributed by atoms with Gasteiger partial charge in [-0.3, -0.25) is 4.99 Å². The number of amides is 1. The first-order chi connectivity index (χ1) is 11.3. The van der Waals surface area contributed by atoms with Crippen LogP contribution in [0.2, 0.25) is 0 Å². The van der Waals surface area contributed by atoms with Gasteiger partial charge in [0.05, 0.1) is 0 Å². The highest BCUT2D eigenvalue weighted by Crippen LogP contribution is 2.18. The van der Waals surface area contributed by atoms with Crippen LogP contribution < -0.4 is 10.6 Å². The lowest BCUT2D eigenvalue weighted by Gasteiger charge is -2.27. The zero-order valence-corrected chi connectivity index (χ0v) is 15.9. The molecule has 140 valence electrons. The van der Waals surface area contributed by atoms with Gasteiger partial charge in [0.1, 0.15) is 5.60 Å². The lowest BCUT2D eigenvalue weighted by Crippen LogP contribution is -2.43. The van der Waals surface area contributed by atoms with Gasteiger partial charge in [-0.25, -0.2) is 4.79 Å². The van der Waals surface area contributed by atoms with Crippen molar-refractivity contribution in [3.63, 3.8) is 0 Å². The van der Waals surface area contributed by atoms with E-state index in [4.69, 9.17) is 9.47 Å². The summed E-state index contributed by atoms with van der Waals surface area (Å²) in [5.41, 5.74) is -0.474. The van der Waals surface area contributed by atoms with E-state index < -0.39 is 11.7 Å². The van der Waals surface area contributed by atoms with Crippen molar-refractivity contribution in [3.8, 4) is 0 Å². The molecule has 1 fully saturated rings. The Morgan fingerprint density at radius 2 is 1.88 bits per heavy atom. The number of nitrogens with zero attached hydrogens (tertiary/aromatic N) is 2. The van der Waals surface area contributed by atoms with Gasteiger partial charge >= 0.3 is 6.09 Å². The molecule has 0 aliphatic carbocycles. The number of nitrogens with one attached hydrogen (secondary N) is 2. The number of alkyl carbamates (subject to hydrolysis) is 1. The van der Waals surface area contributed by atoms with Gasteiger partial charge < -0.3 is 25.0 Å². The van der Waals surface area contributed by atoms with Crippen molar-refractivity contribution in [1.29, 1.82) is 0 Å². The summed E-state index contributed by atoms with van der Waals surface area (Å²) in [4.78, 5) is 18.0. The summed E-state index contributed by atoms with van der Waals surface area (Å²) >= 11 is 0. The molecule has 1 saturated heterocycles. The largest absolute Gasteiger partial charge is 0.444 e. The van der Waals surface area contributed by atoms with Crippen LogP contribution in [0.1, 0.15) is 40.0 Å². The first kappa shape index (κ1) is 20.5. The maximum Gasteiger partial charge on any atom is 0.407 e. The van der Waals surface area contributed by atoms with E-state index in [0.29, 0.717) is 13.1 Å². The molecule has 2 N–H and O–H groups in total. The summed E-state index contributed by atoms with van der Waals surface area (Å²) in [5, 5.41) is 5.99. The number of rotatable bonds is 6. The maximum absolute atomic E-state index is 11.6. The number of aliphatic imine (C=N–C) groups is 1. The Morgan fingerprint density at radius 1 is 1.25 bits per heavy atom. The van der Waals surface area contributed by atoms with Crippen molar-refractivity contribution < 1.29 is 14.3 Å². The zero-order chi connectivity index (χ0) is 18.0. The molecular weight excluding hydrogens is 308 g/mol. The van der Waals surface area contributed by atoms with E-state index in [9.17, 15) is 4.79 Å². The van der Waals surface area contributed by atoms with Crippen LogP contribution >= 0.6 is 0 Å². The Labute approximate surface area is 146 Å². The Morgan fingerprint density at radius 3 is 2.46 bits per heavy atom. The van der Waals surface area contributed by atoms with Crippen molar-refractivity contribution in [2.75, 3.05) is 46.9 Å². The SMILES string of the molecule is CN=C(NCCNC(=O)OC(C)(C)C)N(C)CCC1CCOCC1. The second-order valence-corrected chi connectivity index (χ2v) is 7.17. The standard InChI is InChI=1S/C17H34N4O3/c1-17(2,3)24-16(22)20-10-9-19-15(18-4)21(5)11-6-14-7-12-23-13-8-14/h14H,6-13H2,1-5H3,(H,18,19)(H,20,22). The Balaban J connectivity index is 2.20. The number of ether oxygens (including phenoxy) is 2. The molecule has 1 rings (SSSR count). The lowest BCUT2D eigenvalue weighted by atomic mass is 9.96. The van der Waals surface area contributed by atoms with Gasteiger partial charge in [-0.1, -0.05) is 0 Å². The number of guanidine groups is 1. The molecule has 0 unspecified atom stereocenters. The molecule has 0 aromatic rings. The normalized spacial score (nSPS) is 16.6. The predicted molar refractivity (Wildman–Crippen MR) is 96.4 cm³/mol.